The first kappa shape index (κ1) is 15.2. The molecule has 0 radical (unpaired) electrons. The number of hydrogen-bond donors (Lipinski definition) is 2. The van der Waals surface area contributed by atoms with Gasteiger partial charge in [0.15, 0.2) is 0 Å². The lowest BCUT2D eigenvalue weighted by Gasteiger charge is -2.16. The van der Waals surface area contributed by atoms with Crippen molar-refractivity contribution in [1.82, 2.24) is 5.32 Å². The van der Waals surface area contributed by atoms with Crippen molar-refractivity contribution in [2.24, 2.45) is 0 Å². The van der Waals surface area contributed by atoms with Gasteiger partial charge < -0.3 is 15.8 Å². The molecule has 0 saturated heterocycles. The Morgan fingerprint density at radius 1 is 1.29 bits per heavy atom. The zero-order valence-corrected chi connectivity index (χ0v) is 12.6. The number of amides is 1. The normalized spacial score (nSPS) is 11.8. The highest BCUT2D eigenvalue weighted by Gasteiger charge is 2.16. The number of carbonyl (C=O) groups is 1. The molecule has 2 aromatic carbocycles. The molecule has 1 unspecified atom stereocenters. The number of nitrogens with two attached hydrogens (primary N) is 1. The minimum absolute atomic E-state index is 0.178. The number of halogens is 1. The van der Waals surface area contributed by atoms with Gasteiger partial charge in [0.05, 0.1) is 18.7 Å². The van der Waals surface area contributed by atoms with E-state index in [9.17, 15) is 4.79 Å². The molecule has 110 valence electrons. The van der Waals surface area contributed by atoms with Gasteiger partial charge in [-0.2, -0.15) is 0 Å². The number of rotatable bonds is 4. The van der Waals surface area contributed by atoms with Crippen LogP contribution in [0.5, 0.6) is 5.75 Å². The van der Waals surface area contributed by atoms with Crippen LogP contribution in [0.25, 0.3) is 0 Å². The van der Waals surface area contributed by atoms with Crippen molar-refractivity contribution < 1.29 is 9.53 Å². The van der Waals surface area contributed by atoms with Gasteiger partial charge in [-0.15, -0.1) is 0 Å². The monoisotopic (exact) mass is 304 g/mol. The summed E-state index contributed by atoms with van der Waals surface area (Å²) in [5.74, 6) is 0.242. The van der Waals surface area contributed by atoms with E-state index in [4.69, 9.17) is 22.1 Å². The molecule has 0 fully saturated rings. The van der Waals surface area contributed by atoms with Crippen molar-refractivity contribution in [1.29, 1.82) is 0 Å². The molecule has 1 atom stereocenters. The van der Waals surface area contributed by atoms with Gasteiger partial charge in [-0.3, -0.25) is 4.79 Å². The maximum absolute atomic E-state index is 12.4. The summed E-state index contributed by atoms with van der Waals surface area (Å²) >= 11 is 5.96. The average Bonchev–Trinajstić information content (AvgIpc) is 2.47. The Balaban J connectivity index is 2.20. The van der Waals surface area contributed by atoms with E-state index < -0.39 is 0 Å². The molecule has 0 aliphatic heterocycles. The van der Waals surface area contributed by atoms with Gasteiger partial charge in [-0.25, -0.2) is 0 Å². The first-order valence-corrected chi connectivity index (χ1v) is 6.89. The molecule has 0 bridgehead atoms. The molecule has 0 saturated carbocycles. The highest BCUT2D eigenvalue weighted by atomic mass is 35.5. The first-order valence-electron chi connectivity index (χ1n) is 6.51. The Labute approximate surface area is 128 Å². The molecule has 0 spiro atoms. The lowest BCUT2D eigenvalue weighted by atomic mass is 10.1. The SMILES string of the molecule is COc1ccc(N)cc1C(=O)NC(C)c1cccc(Cl)c1. The van der Waals surface area contributed by atoms with Crippen LogP contribution in [0.15, 0.2) is 42.5 Å². The Kier molecular flexibility index (Phi) is 4.70. The number of nitrogen functional groups attached to an aromatic ring is 1. The summed E-state index contributed by atoms with van der Waals surface area (Å²) in [6.45, 7) is 1.89. The van der Waals surface area contributed by atoms with E-state index in [1.165, 1.54) is 7.11 Å². The molecular formula is C16H17ClN2O2. The zero-order chi connectivity index (χ0) is 15.4. The molecule has 3 N–H and O–H groups in total. The summed E-state index contributed by atoms with van der Waals surface area (Å²) < 4.78 is 5.19. The third kappa shape index (κ3) is 3.67. The van der Waals surface area contributed by atoms with Gasteiger partial charge in [-0.05, 0) is 42.8 Å². The van der Waals surface area contributed by atoms with E-state index in [1.807, 2.05) is 25.1 Å². The molecule has 2 rings (SSSR count). The minimum Gasteiger partial charge on any atom is -0.496 e. The van der Waals surface area contributed by atoms with Crippen molar-refractivity contribution in [2.45, 2.75) is 13.0 Å². The van der Waals surface area contributed by atoms with E-state index in [1.54, 1.807) is 24.3 Å². The number of anilines is 1. The molecule has 0 heterocycles. The van der Waals surface area contributed by atoms with E-state index in [0.717, 1.165) is 5.56 Å². The van der Waals surface area contributed by atoms with E-state index in [-0.39, 0.29) is 11.9 Å². The van der Waals surface area contributed by atoms with Crippen LogP contribution in [0.1, 0.15) is 28.9 Å². The van der Waals surface area contributed by atoms with Crippen LogP contribution < -0.4 is 15.8 Å². The Hall–Kier alpha value is -2.20. The second-order valence-corrected chi connectivity index (χ2v) is 5.15. The van der Waals surface area contributed by atoms with E-state index in [0.29, 0.717) is 22.0 Å². The highest BCUT2D eigenvalue weighted by molar-refractivity contribution is 6.30. The van der Waals surface area contributed by atoms with Crippen LogP contribution in [0.4, 0.5) is 5.69 Å². The number of ether oxygens (including phenoxy) is 1. The fourth-order valence-electron chi connectivity index (χ4n) is 2.04. The Morgan fingerprint density at radius 3 is 2.71 bits per heavy atom. The molecule has 4 nitrogen and oxygen atoms in total. The predicted molar refractivity (Wildman–Crippen MR) is 84.7 cm³/mol. The summed E-state index contributed by atoms with van der Waals surface area (Å²) in [7, 11) is 1.52. The van der Waals surface area contributed by atoms with Crippen molar-refractivity contribution in [3.05, 3.63) is 58.6 Å². The Morgan fingerprint density at radius 2 is 2.05 bits per heavy atom. The highest BCUT2D eigenvalue weighted by Crippen LogP contribution is 2.23. The van der Waals surface area contributed by atoms with Gasteiger partial charge in [0.1, 0.15) is 5.75 Å². The lowest BCUT2D eigenvalue weighted by molar-refractivity contribution is 0.0937. The number of benzene rings is 2. The predicted octanol–water partition coefficient (Wildman–Crippen LogP) is 3.42. The Bertz CT molecular complexity index is 658. The van der Waals surface area contributed by atoms with Gasteiger partial charge in [0.2, 0.25) is 0 Å². The second-order valence-electron chi connectivity index (χ2n) is 4.71. The third-order valence-corrected chi connectivity index (χ3v) is 3.40. The smallest absolute Gasteiger partial charge is 0.255 e. The van der Waals surface area contributed by atoms with Crippen molar-refractivity contribution >= 4 is 23.2 Å². The summed E-state index contributed by atoms with van der Waals surface area (Å²) in [4.78, 5) is 12.4. The van der Waals surface area contributed by atoms with Gasteiger partial charge in [0.25, 0.3) is 5.91 Å². The number of carbonyl (C=O) groups excluding carboxylic acids is 1. The van der Waals surface area contributed by atoms with Gasteiger partial charge in [0, 0.05) is 10.7 Å². The second kappa shape index (κ2) is 6.50. The molecule has 5 heteroatoms. The standard InChI is InChI=1S/C16H17ClN2O2/c1-10(11-4-3-5-12(17)8-11)19-16(20)14-9-13(18)6-7-15(14)21-2/h3-10H,18H2,1-2H3,(H,19,20). The number of hydrogen-bond acceptors (Lipinski definition) is 3. The maximum atomic E-state index is 12.4. The van der Waals surface area contributed by atoms with Gasteiger partial charge >= 0.3 is 0 Å². The summed E-state index contributed by atoms with van der Waals surface area (Å²) in [5, 5.41) is 3.54. The zero-order valence-electron chi connectivity index (χ0n) is 11.9. The van der Waals surface area contributed by atoms with Crippen LogP contribution in [0.3, 0.4) is 0 Å². The van der Waals surface area contributed by atoms with Crippen LogP contribution in [0.2, 0.25) is 5.02 Å². The van der Waals surface area contributed by atoms with Crippen molar-refractivity contribution in [3.8, 4) is 5.75 Å². The first-order chi connectivity index (χ1) is 10.0. The molecule has 0 aliphatic rings. The summed E-state index contributed by atoms with van der Waals surface area (Å²) in [5.41, 5.74) is 7.58. The van der Waals surface area contributed by atoms with Crippen LogP contribution >= 0.6 is 11.6 Å². The van der Waals surface area contributed by atoms with Crippen molar-refractivity contribution in [3.63, 3.8) is 0 Å². The quantitative estimate of drug-likeness (QED) is 0.851. The van der Waals surface area contributed by atoms with E-state index >= 15 is 0 Å². The van der Waals surface area contributed by atoms with Crippen LogP contribution in [-0.4, -0.2) is 13.0 Å². The maximum Gasteiger partial charge on any atom is 0.255 e. The lowest BCUT2D eigenvalue weighted by Crippen LogP contribution is -2.27. The number of nitrogens with one attached hydrogen (secondary N) is 1. The summed E-state index contributed by atoms with van der Waals surface area (Å²) in [6.07, 6.45) is 0. The van der Waals surface area contributed by atoms with Crippen LogP contribution in [-0.2, 0) is 0 Å². The van der Waals surface area contributed by atoms with Gasteiger partial charge in [-0.1, -0.05) is 23.7 Å². The molecule has 21 heavy (non-hydrogen) atoms. The molecule has 0 aliphatic carbocycles. The van der Waals surface area contributed by atoms with Crippen LogP contribution in [0, 0.1) is 0 Å². The average molecular weight is 305 g/mol. The molecular weight excluding hydrogens is 288 g/mol. The molecule has 0 aromatic heterocycles. The van der Waals surface area contributed by atoms with Crippen molar-refractivity contribution in [2.75, 3.05) is 12.8 Å². The molecule has 1 amide bonds. The minimum atomic E-state index is -0.244. The fraction of sp³-hybridized carbons (Fsp3) is 0.188. The largest absolute Gasteiger partial charge is 0.496 e. The number of methoxy groups -OCH3 is 1. The fourth-order valence-corrected chi connectivity index (χ4v) is 2.24. The van der Waals surface area contributed by atoms with E-state index in [2.05, 4.69) is 5.32 Å². The molecule has 2 aromatic rings. The summed E-state index contributed by atoms with van der Waals surface area (Å²) in [6, 6.07) is 12.2. The topological polar surface area (TPSA) is 64.3 Å². The third-order valence-electron chi connectivity index (χ3n) is 3.16.